The second kappa shape index (κ2) is 7.07. The number of nitro benzene ring substituents is 1. The molecule has 0 radical (unpaired) electrons. The Kier molecular flexibility index (Phi) is 4.84. The van der Waals surface area contributed by atoms with Gasteiger partial charge in [-0.25, -0.2) is 0 Å². The van der Waals surface area contributed by atoms with Gasteiger partial charge in [0.2, 0.25) is 0 Å². The summed E-state index contributed by atoms with van der Waals surface area (Å²) in [5, 5.41) is 15.8. The molecule has 134 valence electrons. The molecule has 26 heavy (non-hydrogen) atoms. The number of non-ortho nitro benzene ring substituents is 1. The first-order chi connectivity index (χ1) is 12.3. The van der Waals surface area contributed by atoms with Crippen molar-refractivity contribution in [1.82, 2.24) is 14.8 Å². The Morgan fingerprint density at radius 3 is 2.65 bits per heavy atom. The number of nitrogens with zero attached hydrogens (tertiary/aromatic N) is 4. The van der Waals surface area contributed by atoms with Crippen molar-refractivity contribution >= 4 is 5.69 Å². The van der Waals surface area contributed by atoms with Gasteiger partial charge in [0.15, 0.2) is 0 Å². The Hall–Kier alpha value is -3.02. The highest BCUT2D eigenvalue weighted by atomic mass is 16.6. The van der Waals surface area contributed by atoms with Crippen LogP contribution >= 0.6 is 0 Å². The second-order valence-electron chi connectivity index (χ2n) is 7.44. The smallest absolute Gasteiger partial charge is 0.269 e. The molecule has 0 aliphatic carbocycles. The van der Waals surface area contributed by atoms with Crippen molar-refractivity contribution in [3.8, 4) is 11.3 Å². The van der Waals surface area contributed by atoms with Gasteiger partial charge >= 0.3 is 0 Å². The predicted molar refractivity (Wildman–Crippen MR) is 101 cm³/mol. The summed E-state index contributed by atoms with van der Waals surface area (Å²) in [6.07, 6.45) is 5.46. The molecule has 0 saturated carbocycles. The maximum Gasteiger partial charge on any atom is 0.269 e. The number of aromatic nitrogens is 3. The van der Waals surface area contributed by atoms with Gasteiger partial charge in [-0.3, -0.25) is 19.8 Å². The first kappa shape index (κ1) is 17.8. The van der Waals surface area contributed by atoms with E-state index < -0.39 is 0 Å². The Bertz CT molecular complexity index is 897. The molecular weight excluding hydrogens is 328 g/mol. The van der Waals surface area contributed by atoms with Gasteiger partial charge in [-0.1, -0.05) is 32.9 Å². The number of hydrogen-bond acceptors (Lipinski definition) is 4. The zero-order valence-electron chi connectivity index (χ0n) is 15.2. The Morgan fingerprint density at radius 2 is 2.00 bits per heavy atom. The van der Waals surface area contributed by atoms with Crippen molar-refractivity contribution in [2.75, 3.05) is 0 Å². The highest BCUT2D eigenvalue weighted by Crippen LogP contribution is 2.37. The van der Waals surface area contributed by atoms with E-state index in [0.29, 0.717) is 6.54 Å². The molecular formula is C20H22N4O2. The number of hydrogen-bond donors (Lipinski definition) is 0. The van der Waals surface area contributed by atoms with Gasteiger partial charge in [0, 0.05) is 48.7 Å². The summed E-state index contributed by atoms with van der Waals surface area (Å²) in [5.41, 5.74) is 2.83. The maximum atomic E-state index is 11.1. The molecule has 1 atom stereocenters. The van der Waals surface area contributed by atoms with Crippen LogP contribution in [0, 0.1) is 15.5 Å². The summed E-state index contributed by atoms with van der Waals surface area (Å²) in [7, 11) is 0. The molecule has 2 heterocycles. The van der Waals surface area contributed by atoms with E-state index in [-0.39, 0.29) is 21.9 Å². The predicted octanol–water partition coefficient (Wildman–Crippen LogP) is 4.68. The average molecular weight is 350 g/mol. The zero-order chi connectivity index (χ0) is 18.7. The molecule has 1 aromatic carbocycles. The van der Waals surface area contributed by atoms with Gasteiger partial charge in [0.05, 0.1) is 10.6 Å². The minimum atomic E-state index is -0.350. The molecule has 0 aliphatic rings. The van der Waals surface area contributed by atoms with Crippen molar-refractivity contribution in [3.63, 3.8) is 0 Å². The first-order valence-electron chi connectivity index (χ1n) is 8.53. The molecule has 6 nitrogen and oxygen atoms in total. The number of benzene rings is 1. The fraction of sp³-hybridized carbons (Fsp3) is 0.300. The van der Waals surface area contributed by atoms with Gasteiger partial charge in [0.25, 0.3) is 5.69 Å². The van der Waals surface area contributed by atoms with Gasteiger partial charge in [-0.2, -0.15) is 5.10 Å². The third-order valence-corrected chi connectivity index (χ3v) is 4.50. The fourth-order valence-electron chi connectivity index (χ4n) is 3.05. The van der Waals surface area contributed by atoms with Gasteiger partial charge in [-0.15, -0.1) is 0 Å². The van der Waals surface area contributed by atoms with Crippen LogP contribution in [0.2, 0.25) is 0 Å². The van der Waals surface area contributed by atoms with Crippen LogP contribution in [0.25, 0.3) is 11.3 Å². The largest absolute Gasteiger partial charge is 0.271 e. The topological polar surface area (TPSA) is 73.8 Å². The third-order valence-electron chi connectivity index (χ3n) is 4.50. The lowest BCUT2D eigenvalue weighted by Crippen LogP contribution is -2.23. The van der Waals surface area contributed by atoms with Crippen LogP contribution in [-0.4, -0.2) is 19.7 Å². The van der Waals surface area contributed by atoms with Crippen LogP contribution in [0.4, 0.5) is 5.69 Å². The first-order valence-corrected chi connectivity index (χ1v) is 8.53. The molecule has 0 spiro atoms. The van der Waals surface area contributed by atoms with Crippen LogP contribution in [0.15, 0.2) is 61.1 Å². The zero-order valence-corrected chi connectivity index (χ0v) is 15.2. The fourth-order valence-corrected chi connectivity index (χ4v) is 3.05. The maximum absolute atomic E-state index is 11.1. The SMILES string of the molecule is CC(C)(C)C(Cn1ccc(-c2cccnc2)n1)c1cccc([N+](=O)[O-])c1. The van der Waals surface area contributed by atoms with Gasteiger partial charge in [0.1, 0.15) is 0 Å². The second-order valence-corrected chi connectivity index (χ2v) is 7.44. The quantitative estimate of drug-likeness (QED) is 0.494. The number of nitro groups is 1. The van der Waals surface area contributed by atoms with E-state index in [9.17, 15) is 10.1 Å². The molecule has 0 aliphatic heterocycles. The molecule has 3 aromatic rings. The molecule has 2 aromatic heterocycles. The summed E-state index contributed by atoms with van der Waals surface area (Å²) in [4.78, 5) is 14.9. The minimum Gasteiger partial charge on any atom is -0.271 e. The lowest BCUT2D eigenvalue weighted by Gasteiger charge is -2.31. The van der Waals surface area contributed by atoms with E-state index in [0.717, 1.165) is 16.8 Å². The standard InChI is InChI=1S/C20H22N4O2/c1-20(2,3)18(15-6-4-8-17(12-15)24(25)26)14-23-11-9-19(22-23)16-7-5-10-21-13-16/h4-13,18H,14H2,1-3H3. The van der Waals surface area contributed by atoms with Crippen LogP contribution in [0.1, 0.15) is 32.3 Å². The van der Waals surface area contributed by atoms with Gasteiger partial charge in [-0.05, 0) is 29.2 Å². The summed E-state index contributed by atoms with van der Waals surface area (Å²) in [6.45, 7) is 7.07. The number of pyridine rings is 1. The highest BCUT2D eigenvalue weighted by molar-refractivity contribution is 5.56. The lowest BCUT2D eigenvalue weighted by atomic mass is 9.76. The number of rotatable bonds is 5. The van der Waals surface area contributed by atoms with Gasteiger partial charge < -0.3 is 0 Å². The third kappa shape index (κ3) is 3.96. The van der Waals surface area contributed by atoms with Crippen molar-refractivity contribution in [1.29, 1.82) is 0 Å². The van der Waals surface area contributed by atoms with E-state index in [1.807, 2.05) is 35.1 Å². The Labute approximate surface area is 152 Å². The Balaban J connectivity index is 1.90. The van der Waals surface area contributed by atoms with Crippen molar-refractivity contribution < 1.29 is 4.92 Å². The Morgan fingerprint density at radius 1 is 1.19 bits per heavy atom. The van der Waals surface area contributed by atoms with Crippen LogP contribution in [-0.2, 0) is 6.54 Å². The molecule has 1 unspecified atom stereocenters. The summed E-state index contributed by atoms with van der Waals surface area (Å²) >= 11 is 0. The summed E-state index contributed by atoms with van der Waals surface area (Å²) in [6, 6.07) is 12.7. The monoisotopic (exact) mass is 350 g/mol. The van der Waals surface area contributed by atoms with E-state index in [2.05, 4.69) is 30.9 Å². The van der Waals surface area contributed by atoms with Crippen molar-refractivity contribution in [2.45, 2.75) is 33.2 Å². The summed E-state index contributed by atoms with van der Waals surface area (Å²) in [5.74, 6) is 0.0871. The molecule has 0 fully saturated rings. The van der Waals surface area contributed by atoms with Crippen molar-refractivity contribution in [3.05, 3.63) is 76.7 Å². The summed E-state index contributed by atoms with van der Waals surface area (Å²) < 4.78 is 1.90. The molecule has 0 saturated heterocycles. The van der Waals surface area contributed by atoms with Crippen LogP contribution < -0.4 is 0 Å². The van der Waals surface area contributed by atoms with Crippen molar-refractivity contribution in [2.24, 2.45) is 5.41 Å². The molecule has 0 N–H and O–H groups in total. The normalized spacial score (nSPS) is 12.7. The molecule has 0 amide bonds. The highest BCUT2D eigenvalue weighted by Gasteiger charge is 2.28. The van der Waals surface area contributed by atoms with Crippen LogP contribution in [0.5, 0.6) is 0 Å². The molecule has 0 bridgehead atoms. The lowest BCUT2D eigenvalue weighted by molar-refractivity contribution is -0.384. The molecule has 3 rings (SSSR count). The minimum absolute atomic E-state index is 0.0738. The van der Waals surface area contributed by atoms with E-state index in [4.69, 9.17) is 0 Å². The van der Waals surface area contributed by atoms with E-state index in [1.54, 1.807) is 24.5 Å². The van der Waals surface area contributed by atoms with E-state index in [1.165, 1.54) is 6.07 Å². The molecule has 6 heteroatoms. The average Bonchev–Trinajstić information content (AvgIpc) is 3.08. The van der Waals surface area contributed by atoms with Crippen LogP contribution in [0.3, 0.4) is 0 Å². The van der Waals surface area contributed by atoms with E-state index >= 15 is 0 Å².